The van der Waals surface area contributed by atoms with Crippen LogP contribution in [0.15, 0.2) is 48.5 Å². The SMILES string of the molecule is Nc1ccc(CCC(=O)CCC(=O)N2CCCC2Cc2ccccc2F)cc1. The predicted molar refractivity (Wildman–Crippen MR) is 108 cm³/mol. The van der Waals surface area contributed by atoms with E-state index in [0.717, 1.165) is 18.4 Å². The maximum Gasteiger partial charge on any atom is 0.223 e. The van der Waals surface area contributed by atoms with Gasteiger partial charge in [-0.1, -0.05) is 30.3 Å². The molecule has 1 amide bonds. The summed E-state index contributed by atoms with van der Waals surface area (Å²) in [7, 11) is 0. The number of nitrogens with two attached hydrogens (primary N) is 1. The highest BCUT2D eigenvalue weighted by molar-refractivity contribution is 5.85. The molecule has 148 valence electrons. The molecular weight excluding hydrogens is 355 g/mol. The topological polar surface area (TPSA) is 63.4 Å². The molecule has 1 aliphatic rings. The summed E-state index contributed by atoms with van der Waals surface area (Å²) in [6.07, 6.45) is 3.92. The van der Waals surface area contributed by atoms with Gasteiger partial charge in [-0.2, -0.15) is 0 Å². The third-order valence-corrected chi connectivity index (χ3v) is 5.40. The van der Waals surface area contributed by atoms with E-state index >= 15 is 0 Å². The van der Waals surface area contributed by atoms with E-state index in [1.165, 1.54) is 6.07 Å². The number of amides is 1. The lowest BCUT2D eigenvalue weighted by Gasteiger charge is -2.25. The molecule has 28 heavy (non-hydrogen) atoms. The van der Waals surface area contributed by atoms with Gasteiger partial charge in [-0.3, -0.25) is 9.59 Å². The van der Waals surface area contributed by atoms with E-state index in [0.29, 0.717) is 37.1 Å². The summed E-state index contributed by atoms with van der Waals surface area (Å²) in [5, 5.41) is 0. The molecule has 1 saturated heterocycles. The Bertz CT molecular complexity index is 820. The Morgan fingerprint density at radius 2 is 1.79 bits per heavy atom. The summed E-state index contributed by atoms with van der Waals surface area (Å²) in [6.45, 7) is 0.692. The van der Waals surface area contributed by atoms with Crippen molar-refractivity contribution in [3.05, 3.63) is 65.5 Å². The summed E-state index contributed by atoms with van der Waals surface area (Å²) in [5.74, 6) is -0.130. The molecule has 1 fully saturated rings. The largest absolute Gasteiger partial charge is 0.399 e. The summed E-state index contributed by atoms with van der Waals surface area (Å²) in [6, 6.07) is 14.2. The van der Waals surface area contributed by atoms with Crippen molar-refractivity contribution in [2.45, 2.75) is 51.0 Å². The smallest absolute Gasteiger partial charge is 0.223 e. The first-order chi connectivity index (χ1) is 13.5. The zero-order valence-electron chi connectivity index (χ0n) is 16.1. The fourth-order valence-corrected chi connectivity index (χ4v) is 3.78. The molecule has 1 atom stereocenters. The maximum atomic E-state index is 13.9. The third kappa shape index (κ3) is 5.41. The number of ketones is 1. The second kappa shape index (κ2) is 9.49. The number of hydrogen-bond donors (Lipinski definition) is 1. The lowest BCUT2D eigenvalue weighted by molar-refractivity contribution is -0.134. The zero-order valence-corrected chi connectivity index (χ0v) is 16.1. The Morgan fingerprint density at radius 1 is 1.04 bits per heavy atom. The predicted octanol–water partition coefficient (Wildman–Crippen LogP) is 3.92. The van der Waals surface area contributed by atoms with E-state index < -0.39 is 0 Å². The van der Waals surface area contributed by atoms with E-state index in [-0.39, 0.29) is 36.4 Å². The highest BCUT2D eigenvalue weighted by atomic mass is 19.1. The zero-order chi connectivity index (χ0) is 19.9. The minimum Gasteiger partial charge on any atom is -0.399 e. The van der Waals surface area contributed by atoms with E-state index in [4.69, 9.17) is 5.73 Å². The minimum atomic E-state index is -0.223. The Hall–Kier alpha value is -2.69. The molecule has 4 nitrogen and oxygen atoms in total. The van der Waals surface area contributed by atoms with Crippen LogP contribution in [0.3, 0.4) is 0 Å². The molecule has 5 heteroatoms. The van der Waals surface area contributed by atoms with Gasteiger partial charge >= 0.3 is 0 Å². The average molecular weight is 382 g/mol. The minimum absolute atomic E-state index is 0.000302. The van der Waals surface area contributed by atoms with Gasteiger partial charge < -0.3 is 10.6 Å². The number of halogens is 1. The second-order valence-electron chi connectivity index (χ2n) is 7.46. The number of aryl methyl sites for hydroxylation is 1. The Balaban J connectivity index is 1.46. The van der Waals surface area contributed by atoms with Crippen LogP contribution in [0.5, 0.6) is 0 Å². The Kier molecular flexibility index (Phi) is 6.80. The van der Waals surface area contributed by atoms with Crippen LogP contribution in [0.2, 0.25) is 0 Å². The highest BCUT2D eigenvalue weighted by Crippen LogP contribution is 2.23. The molecule has 2 N–H and O–H groups in total. The number of carbonyl (C=O) groups excluding carboxylic acids is 2. The summed E-state index contributed by atoms with van der Waals surface area (Å²) < 4.78 is 13.9. The average Bonchev–Trinajstić information content (AvgIpc) is 3.16. The number of hydrogen-bond acceptors (Lipinski definition) is 3. The molecule has 2 aromatic carbocycles. The molecule has 1 aliphatic heterocycles. The van der Waals surface area contributed by atoms with Gasteiger partial charge in [-0.15, -0.1) is 0 Å². The van der Waals surface area contributed by atoms with Crippen LogP contribution < -0.4 is 5.73 Å². The molecule has 3 rings (SSSR count). The van der Waals surface area contributed by atoms with Crippen molar-refractivity contribution >= 4 is 17.4 Å². The Labute approximate surface area is 165 Å². The number of benzene rings is 2. The maximum absolute atomic E-state index is 13.9. The fraction of sp³-hybridized carbons (Fsp3) is 0.391. The number of likely N-dealkylation sites (tertiary alicyclic amines) is 1. The Morgan fingerprint density at radius 3 is 2.54 bits per heavy atom. The summed E-state index contributed by atoms with van der Waals surface area (Å²) in [5.41, 5.74) is 8.08. The van der Waals surface area contributed by atoms with Gasteiger partial charge in [0.2, 0.25) is 5.91 Å². The van der Waals surface area contributed by atoms with Crippen LogP contribution in [0, 0.1) is 5.82 Å². The molecule has 0 radical (unpaired) electrons. The van der Waals surface area contributed by atoms with Crippen LogP contribution in [-0.4, -0.2) is 29.2 Å². The van der Waals surface area contributed by atoms with Gasteiger partial charge in [0.1, 0.15) is 11.6 Å². The molecule has 0 aromatic heterocycles. The lowest BCUT2D eigenvalue weighted by Crippen LogP contribution is -2.37. The van der Waals surface area contributed by atoms with Gasteiger partial charge in [0, 0.05) is 37.5 Å². The molecule has 0 aliphatic carbocycles. The number of Topliss-reactive ketones (excluding diaryl/α,β-unsaturated/α-hetero) is 1. The quantitative estimate of drug-likeness (QED) is 0.704. The standard InChI is InChI=1S/C23H27FN2O2/c24-22-6-2-1-4-18(22)16-20-5-3-15-26(20)23(28)14-13-21(27)12-9-17-7-10-19(25)11-8-17/h1-2,4,6-8,10-11,20H,3,5,9,12-16,25H2. The lowest BCUT2D eigenvalue weighted by atomic mass is 10.0. The van der Waals surface area contributed by atoms with E-state index in [9.17, 15) is 14.0 Å². The van der Waals surface area contributed by atoms with Crippen molar-refractivity contribution in [2.75, 3.05) is 12.3 Å². The molecular formula is C23H27FN2O2. The van der Waals surface area contributed by atoms with Crippen molar-refractivity contribution in [1.82, 2.24) is 4.90 Å². The molecule has 0 saturated carbocycles. The fourth-order valence-electron chi connectivity index (χ4n) is 3.78. The van der Waals surface area contributed by atoms with Gasteiger partial charge in [0.15, 0.2) is 0 Å². The third-order valence-electron chi connectivity index (χ3n) is 5.40. The van der Waals surface area contributed by atoms with E-state index in [2.05, 4.69) is 0 Å². The number of anilines is 1. The normalized spacial score (nSPS) is 16.3. The summed E-state index contributed by atoms with van der Waals surface area (Å²) >= 11 is 0. The van der Waals surface area contributed by atoms with Crippen molar-refractivity contribution in [3.8, 4) is 0 Å². The van der Waals surface area contributed by atoms with Crippen LogP contribution in [-0.2, 0) is 22.4 Å². The molecule has 1 unspecified atom stereocenters. The first kappa shape index (κ1) is 20.1. The van der Waals surface area contributed by atoms with Gasteiger partial charge in [-0.05, 0) is 55.0 Å². The number of nitrogens with zero attached hydrogens (tertiary/aromatic N) is 1. The monoisotopic (exact) mass is 382 g/mol. The number of nitrogen functional groups attached to an aromatic ring is 1. The van der Waals surface area contributed by atoms with Crippen molar-refractivity contribution in [3.63, 3.8) is 0 Å². The first-order valence-electron chi connectivity index (χ1n) is 9.92. The molecule has 2 aromatic rings. The van der Waals surface area contributed by atoms with E-state index in [1.807, 2.05) is 35.2 Å². The van der Waals surface area contributed by atoms with Crippen LogP contribution in [0.4, 0.5) is 10.1 Å². The van der Waals surface area contributed by atoms with Crippen LogP contribution >= 0.6 is 0 Å². The molecule has 0 bridgehead atoms. The molecule has 1 heterocycles. The number of carbonyl (C=O) groups is 2. The number of rotatable bonds is 8. The highest BCUT2D eigenvalue weighted by Gasteiger charge is 2.29. The molecule has 0 spiro atoms. The van der Waals surface area contributed by atoms with Crippen molar-refractivity contribution in [1.29, 1.82) is 0 Å². The first-order valence-corrected chi connectivity index (χ1v) is 9.92. The van der Waals surface area contributed by atoms with Crippen molar-refractivity contribution < 1.29 is 14.0 Å². The van der Waals surface area contributed by atoms with Crippen molar-refractivity contribution in [2.24, 2.45) is 0 Å². The van der Waals surface area contributed by atoms with Crippen LogP contribution in [0.25, 0.3) is 0 Å². The van der Waals surface area contributed by atoms with Gasteiger partial charge in [-0.25, -0.2) is 4.39 Å². The summed E-state index contributed by atoms with van der Waals surface area (Å²) in [4.78, 5) is 26.6. The second-order valence-corrected chi connectivity index (χ2v) is 7.46. The van der Waals surface area contributed by atoms with Gasteiger partial charge in [0.05, 0.1) is 0 Å². The van der Waals surface area contributed by atoms with E-state index in [1.54, 1.807) is 12.1 Å². The van der Waals surface area contributed by atoms with Crippen LogP contribution in [0.1, 0.15) is 43.2 Å². The van der Waals surface area contributed by atoms with Gasteiger partial charge in [0.25, 0.3) is 0 Å².